The number of aromatic nitrogens is 1. The van der Waals surface area contributed by atoms with Crippen molar-refractivity contribution < 1.29 is 19.4 Å². The fourth-order valence-electron chi connectivity index (χ4n) is 2.17. The van der Waals surface area contributed by atoms with Gasteiger partial charge in [0, 0.05) is 18.2 Å². The first-order valence-electron chi connectivity index (χ1n) is 7.84. The van der Waals surface area contributed by atoms with Crippen LogP contribution in [0.15, 0.2) is 35.4 Å². The topological polar surface area (TPSA) is 80.7 Å². The Hall–Kier alpha value is -2.09. The lowest BCUT2D eigenvalue weighted by atomic mass is 10.2. The molecule has 0 saturated carbocycles. The molecule has 0 bridgehead atoms. The smallest absolute Gasteiger partial charge is 0.275 e. The largest absolute Gasteiger partial charge is 0.506 e. The Bertz CT molecular complexity index is 737. The number of nitrogens with one attached hydrogen (secondary N) is 1. The minimum absolute atomic E-state index is 0.0215. The molecular formula is C18H22N2O4S. The Balaban J connectivity index is 2.21. The van der Waals surface area contributed by atoms with E-state index in [0.717, 1.165) is 21.8 Å². The molecule has 0 unspecified atom stereocenters. The normalized spacial score (nSPS) is 10.7. The second-order valence-corrected chi connectivity index (χ2v) is 6.66. The fraction of sp³-hybridized carbons (Fsp3) is 0.333. The van der Waals surface area contributed by atoms with Gasteiger partial charge < -0.3 is 19.9 Å². The molecule has 1 aromatic heterocycles. The molecule has 6 nitrogen and oxygen atoms in total. The average Bonchev–Trinajstić information content (AvgIpc) is 2.59. The van der Waals surface area contributed by atoms with Crippen molar-refractivity contribution in [2.45, 2.75) is 25.3 Å². The lowest BCUT2D eigenvalue weighted by Crippen LogP contribution is -2.15. The predicted molar refractivity (Wildman–Crippen MR) is 98.1 cm³/mol. The van der Waals surface area contributed by atoms with Gasteiger partial charge in [-0.25, -0.2) is 4.98 Å². The number of methoxy groups -OCH3 is 1. The molecule has 2 aromatic rings. The molecule has 2 N–H and O–H groups in total. The first kappa shape index (κ1) is 19.2. The van der Waals surface area contributed by atoms with E-state index in [9.17, 15) is 9.90 Å². The zero-order valence-electron chi connectivity index (χ0n) is 14.5. The van der Waals surface area contributed by atoms with Gasteiger partial charge >= 0.3 is 0 Å². The van der Waals surface area contributed by atoms with Crippen molar-refractivity contribution in [2.75, 3.05) is 25.0 Å². The number of phenolic OH excluding ortho intramolecular Hbond substituents is 1. The van der Waals surface area contributed by atoms with Crippen LogP contribution in [0.3, 0.4) is 0 Å². The molecule has 134 valence electrons. The van der Waals surface area contributed by atoms with E-state index < -0.39 is 0 Å². The zero-order chi connectivity index (χ0) is 18.2. The molecule has 0 aliphatic carbocycles. The Morgan fingerprint density at radius 2 is 2.16 bits per heavy atom. The second kappa shape index (κ2) is 9.41. The standard InChI is InChI=1S/C18H22N2O4S/c1-4-25-16-8-13(10-24-11-23-3)9-19-17(16)18(22)20-14-7-12(2)5-6-15(14)21/h5-9,21H,4,10-11H2,1-3H3,(H,20,22). The van der Waals surface area contributed by atoms with Crippen LogP contribution < -0.4 is 5.32 Å². The first-order valence-corrected chi connectivity index (χ1v) is 8.83. The van der Waals surface area contributed by atoms with Gasteiger partial charge in [-0.05, 0) is 42.0 Å². The summed E-state index contributed by atoms with van der Waals surface area (Å²) in [5, 5.41) is 12.6. The van der Waals surface area contributed by atoms with Crippen LogP contribution in [0.2, 0.25) is 0 Å². The third kappa shape index (κ3) is 5.45. The average molecular weight is 362 g/mol. The number of amides is 1. The van der Waals surface area contributed by atoms with Crippen molar-refractivity contribution in [3.63, 3.8) is 0 Å². The van der Waals surface area contributed by atoms with Crippen LogP contribution in [0.25, 0.3) is 0 Å². The van der Waals surface area contributed by atoms with Gasteiger partial charge in [0.15, 0.2) is 0 Å². The van der Waals surface area contributed by atoms with Crippen molar-refractivity contribution >= 4 is 23.4 Å². The highest BCUT2D eigenvalue weighted by Gasteiger charge is 2.16. The summed E-state index contributed by atoms with van der Waals surface area (Å²) in [6.07, 6.45) is 1.61. The summed E-state index contributed by atoms with van der Waals surface area (Å²) in [7, 11) is 1.56. The van der Waals surface area contributed by atoms with E-state index in [1.807, 2.05) is 19.9 Å². The van der Waals surface area contributed by atoms with Gasteiger partial charge in [0.25, 0.3) is 5.91 Å². The number of rotatable bonds is 8. The number of anilines is 1. The van der Waals surface area contributed by atoms with Crippen LogP contribution in [0, 0.1) is 6.92 Å². The molecule has 0 fully saturated rings. The van der Waals surface area contributed by atoms with E-state index in [1.165, 1.54) is 11.8 Å². The lowest BCUT2D eigenvalue weighted by Gasteiger charge is -2.12. The Morgan fingerprint density at radius 3 is 2.88 bits per heavy atom. The molecule has 25 heavy (non-hydrogen) atoms. The van der Waals surface area contributed by atoms with Gasteiger partial charge in [0.05, 0.1) is 12.3 Å². The molecule has 1 heterocycles. The maximum atomic E-state index is 12.6. The number of pyridine rings is 1. The van der Waals surface area contributed by atoms with Gasteiger partial charge in [-0.1, -0.05) is 13.0 Å². The third-order valence-electron chi connectivity index (χ3n) is 3.29. The Labute approximate surface area is 151 Å². The number of thioether (sulfide) groups is 1. The van der Waals surface area contributed by atoms with Crippen molar-refractivity contribution in [1.29, 1.82) is 0 Å². The number of carbonyl (C=O) groups is 1. The summed E-state index contributed by atoms with van der Waals surface area (Å²) < 4.78 is 10.2. The lowest BCUT2D eigenvalue weighted by molar-refractivity contribution is -0.0391. The van der Waals surface area contributed by atoms with E-state index >= 15 is 0 Å². The zero-order valence-corrected chi connectivity index (χ0v) is 15.4. The fourth-order valence-corrected chi connectivity index (χ4v) is 3.00. The van der Waals surface area contributed by atoms with Crippen LogP contribution in [0.1, 0.15) is 28.5 Å². The van der Waals surface area contributed by atoms with Gasteiger partial charge in [-0.3, -0.25) is 4.79 Å². The highest BCUT2D eigenvalue weighted by molar-refractivity contribution is 7.99. The van der Waals surface area contributed by atoms with Crippen molar-refractivity contribution in [3.8, 4) is 5.75 Å². The van der Waals surface area contributed by atoms with Gasteiger partial charge in [0.1, 0.15) is 18.2 Å². The number of benzene rings is 1. The maximum Gasteiger partial charge on any atom is 0.275 e. The van der Waals surface area contributed by atoms with Gasteiger partial charge in [-0.15, -0.1) is 11.8 Å². The number of aromatic hydroxyl groups is 1. The number of phenols is 1. The molecule has 7 heteroatoms. The summed E-state index contributed by atoms with van der Waals surface area (Å²) >= 11 is 1.53. The maximum absolute atomic E-state index is 12.6. The monoisotopic (exact) mass is 362 g/mol. The summed E-state index contributed by atoms with van der Waals surface area (Å²) in [5.41, 5.74) is 2.49. The molecule has 1 amide bonds. The summed E-state index contributed by atoms with van der Waals surface area (Å²) in [6, 6.07) is 6.93. The molecule has 0 atom stereocenters. The molecule has 0 aliphatic heterocycles. The molecule has 0 aliphatic rings. The van der Waals surface area contributed by atoms with Crippen LogP contribution >= 0.6 is 11.8 Å². The van der Waals surface area contributed by atoms with Crippen molar-refractivity contribution in [1.82, 2.24) is 4.98 Å². The number of aryl methyl sites for hydroxylation is 1. The third-order valence-corrected chi connectivity index (χ3v) is 4.21. The minimum Gasteiger partial charge on any atom is -0.506 e. The first-order chi connectivity index (χ1) is 12.0. The quantitative estimate of drug-likeness (QED) is 0.323. The SMILES string of the molecule is CCSc1cc(COCOC)cnc1C(=O)Nc1cc(C)ccc1O. The minimum atomic E-state index is -0.360. The predicted octanol–water partition coefficient (Wildman–Crippen LogP) is 3.58. The molecular weight excluding hydrogens is 340 g/mol. The van der Waals surface area contributed by atoms with E-state index in [-0.39, 0.29) is 18.4 Å². The van der Waals surface area contributed by atoms with Crippen LogP contribution in [-0.4, -0.2) is 35.7 Å². The second-order valence-electron chi connectivity index (χ2n) is 5.35. The molecule has 0 spiro atoms. The summed E-state index contributed by atoms with van der Waals surface area (Å²) in [4.78, 5) is 17.7. The summed E-state index contributed by atoms with van der Waals surface area (Å²) in [6.45, 7) is 4.46. The Kier molecular flexibility index (Phi) is 7.24. The van der Waals surface area contributed by atoms with E-state index in [4.69, 9.17) is 9.47 Å². The molecule has 0 radical (unpaired) electrons. The summed E-state index contributed by atoms with van der Waals surface area (Å²) in [5.74, 6) is 0.467. The number of hydrogen-bond acceptors (Lipinski definition) is 6. The van der Waals surface area contributed by atoms with E-state index in [2.05, 4.69) is 10.3 Å². The molecule has 2 rings (SSSR count). The van der Waals surface area contributed by atoms with Crippen LogP contribution in [0.4, 0.5) is 5.69 Å². The van der Waals surface area contributed by atoms with Crippen LogP contribution in [0.5, 0.6) is 5.75 Å². The highest BCUT2D eigenvalue weighted by Crippen LogP contribution is 2.27. The number of nitrogens with zero attached hydrogens (tertiary/aromatic N) is 1. The van der Waals surface area contributed by atoms with Gasteiger partial charge in [-0.2, -0.15) is 0 Å². The van der Waals surface area contributed by atoms with Gasteiger partial charge in [0.2, 0.25) is 0 Å². The van der Waals surface area contributed by atoms with Crippen molar-refractivity contribution in [2.24, 2.45) is 0 Å². The van der Waals surface area contributed by atoms with E-state index in [0.29, 0.717) is 18.0 Å². The number of hydrogen-bond donors (Lipinski definition) is 2. The highest BCUT2D eigenvalue weighted by atomic mass is 32.2. The van der Waals surface area contributed by atoms with E-state index in [1.54, 1.807) is 31.5 Å². The number of ether oxygens (including phenoxy) is 2. The molecule has 1 aromatic carbocycles. The molecule has 0 saturated heterocycles. The van der Waals surface area contributed by atoms with Crippen molar-refractivity contribution in [3.05, 3.63) is 47.3 Å². The Morgan fingerprint density at radius 1 is 1.36 bits per heavy atom. The number of carbonyl (C=O) groups excluding carboxylic acids is 1. The van der Waals surface area contributed by atoms with Crippen LogP contribution in [-0.2, 0) is 16.1 Å².